The van der Waals surface area contributed by atoms with Gasteiger partial charge in [0.15, 0.2) is 0 Å². The molecule has 40 heavy (non-hydrogen) atoms. The Kier molecular flexibility index (Phi) is 8.83. The van der Waals surface area contributed by atoms with Crippen molar-refractivity contribution in [2.24, 2.45) is 0 Å². The molecule has 4 rings (SSSR count). The van der Waals surface area contributed by atoms with E-state index in [2.05, 4.69) is 0 Å². The number of carbonyl (C=O) groups excluding carboxylic acids is 2. The molecule has 0 aliphatic carbocycles. The predicted molar refractivity (Wildman–Crippen MR) is 159 cm³/mol. The maximum atomic E-state index is 13.6. The van der Waals surface area contributed by atoms with Gasteiger partial charge in [-0.2, -0.15) is 0 Å². The Morgan fingerprint density at radius 2 is 1.70 bits per heavy atom. The molecule has 0 saturated carbocycles. The second-order valence-electron chi connectivity index (χ2n) is 10.3. The van der Waals surface area contributed by atoms with Crippen LogP contribution < -0.4 is 19.3 Å². The molecule has 1 aliphatic rings. The zero-order valence-electron chi connectivity index (χ0n) is 24.1. The Bertz CT molecular complexity index is 1410. The van der Waals surface area contributed by atoms with Crippen molar-refractivity contribution in [1.82, 2.24) is 0 Å². The van der Waals surface area contributed by atoms with E-state index in [1.54, 1.807) is 30.3 Å². The van der Waals surface area contributed by atoms with Crippen LogP contribution in [0.15, 0.2) is 72.3 Å². The Balaban J connectivity index is 1.90. The van der Waals surface area contributed by atoms with E-state index in [1.165, 1.54) is 4.90 Å². The Morgan fingerprint density at radius 1 is 0.975 bits per heavy atom. The molecule has 1 fully saturated rings. The fourth-order valence-corrected chi connectivity index (χ4v) is 4.90. The summed E-state index contributed by atoms with van der Waals surface area (Å²) in [6.45, 7) is 9.07. The Hall–Kier alpha value is -4.26. The number of Topliss-reactive ketones (excluding diaryl/α,β-unsaturated/α-hetero) is 1. The van der Waals surface area contributed by atoms with Gasteiger partial charge in [-0.3, -0.25) is 14.5 Å². The molecule has 1 saturated heterocycles. The summed E-state index contributed by atoms with van der Waals surface area (Å²) in [5.41, 5.74) is 3.62. The van der Waals surface area contributed by atoms with E-state index in [4.69, 9.17) is 9.47 Å². The Labute approximate surface area is 236 Å². The number of carbonyl (C=O) groups is 2. The first-order valence-electron chi connectivity index (χ1n) is 13.8. The molecule has 7 heteroatoms. The third-order valence-electron chi connectivity index (χ3n) is 6.94. The maximum absolute atomic E-state index is 13.6. The smallest absolute Gasteiger partial charge is 0.300 e. The van der Waals surface area contributed by atoms with E-state index < -0.39 is 17.7 Å². The molecule has 1 aliphatic heterocycles. The van der Waals surface area contributed by atoms with Crippen molar-refractivity contribution in [3.63, 3.8) is 0 Å². The molecule has 7 nitrogen and oxygen atoms in total. The maximum Gasteiger partial charge on any atom is 0.300 e. The van der Waals surface area contributed by atoms with Crippen LogP contribution in [0.25, 0.3) is 5.76 Å². The van der Waals surface area contributed by atoms with Gasteiger partial charge in [-0.15, -0.1) is 0 Å². The Morgan fingerprint density at radius 3 is 2.33 bits per heavy atom. The van der Waals surface area contributed by atoms with Crippen LogP contribution >= 0.6 is 0 Å². The minimum absolute atomic E-state index is 0.0429. The fraction of sp³-hybridized carbons (Fsp3) is 0.333. The van der Waals surface area contributed by atoms with E-state index in [-0.39, 0.29) is 17.3 Å². The van der Waals surface area contributed by atoms with Crippen LogP contribution in [-0.2, 0) is 9.59 Å². The van der Waals surface area contributed by atoms with Crippen molar-refractivity contribution in [3.8, 4) is 11.5 Å². The molecule has 0 bridgehead atoms. The van der Waals surface area contributed by atoms with Gasteiger partial charge < -0.3 is 19.5 Å². The summed E-state index contributed by atoms with van der Waals surface area (Å²) in [6.07, 6.45) is 0.841. The van der Waals surface area contributed by atoms with Crippen LogP contribution in [0.1, 0.15) is 62.8 Å². The summed E-state index contributed by atoms with van der Waals surface area (Å²) in [6, 6.07) is 19.4. The van der Waals surface area contributed by atoms with Crippen molar-refractivity contribution in [1.29, 1.82) is 0 Å². The number of rotatable bonds is 10. The lowest BCUT2D eigenvalue weighted by molar-refractivity contribution is -0.132. The quantitative estimate of drug-likeness (QED) is 0.175. The van der Waals surface area contributed by atoms with Crippen LogP contribution in [0.2, 0.25) is 0 Å². The standard InChI is InChI=1S/C33H38N2O5/c1-7-18-40-26-11-9-10-25(20-26)35-30(22-12-15-24(16-13-22)34(5)6)29(32(37)33(35)38)31(36)23-14-17-28(39-8-2)27(19-23)21(3)4/h9-17,19-21,30,36H,7-8,18H2,1-6H3/b31-29-. The largest absolute Gasteiger partial charge is 0.507 e. The first kappa shape index (κ1) is 28.7. The number of ether oxygens (including phenoxy) is 2. The number of aliphatic hydroxyl groups excluding tert-OH is 1. The summed E-state index contributed by atoms with van der Waals surface area (Å²) in [7, 11) is 3.89. The highest BCUT2D eigenvalue weighted by molar-refractivity contribution is 6.51. The number of hydrogen-bond donors (Lipinski definition) is 1. The topological polar surface area (TPSA) is 79.3 Å². The molecule has 1 N–H and O–H groups in total. The van der Waals surface area contributed by atoms with Crippen molar-refractivity contribution in [2.75, 3.05) is 37.1 Å². The fourth-order valence-electron chi connectivity index (χ4n) is 4.90. The second kappa shape index (κ2) is 12.3. The molecule has 3 aromatic carbocycles. The molecule has 210 valence electrons. The number of ketones is 1. The number of benzene rings is 3. The lowest BCUT2D eigenvalue weighted by Gasteiger charge is -2.26. The summed E-state index contributed by atoms with van der Waals surface area (Å²) in [4.78, 5) is 30.7. The predicted octanol–water partition coefficient (Wildman–Crippen LogP) is 6.69. The number of amides is 1. The van der Waals surface area contributed by atoms with Crippen molar-refractivity contribution in [2.45, 2.75) is 46.1 Å². The number of hydrogen-bond acceptors (Lipinski definition) is 6. The minimum atomic E-state index is -0.827. The molecule has 1 unspecified atom stereocenters. The van der Waals surface area contributed by atoms with Crippen molar-refractivity contribution >= 4 is 28.8 Å². The third-order valence-corrected chi connectivity index (χ3v) is 6.94. The zero-order chi connectivity index (χ0) is 29.0. The van der Waals surface area contributed by atoms with Gasteiger partial charge in [-0.05, 0) is 72.9 Å². The summed E-state index contributed by atoms with van der Waals surface area (Å²) < 4.78 is 11.6. The van der Waals surface area contributed by atoms with Crippen LogP contribution in [0, 0.1) is 0 Å². The number of nitrogens with zero attached hydrogens (tertiary/aromatic N) is 2. The first-order chi connectivity index (χ1) is 19.2. The van der Waals surface area contributed by atoms with E-state index in [0.717, 1.165) is 23.4 Å². The molecule has 0 spiro atoms. The minimum Gasteiger partial charge on any atom is -0.507 e. The van der Waals surface area contributed by atoms with Crippen LogP contribution in [0.3, 0.4) is 0 Å². The van der Waals surface area contributed by atoms with Crippen LogP contribution in [0.4, 0.5) is 11.4 Å². The highest BCUT2D eigenvalue weighted by Crippen LogP contribution is 2.43. The molecular weight excluding hydrogens is 504 g/mol. The lowest BCUT2D eigenvalue weighted by Crippen LogP contribution is -2.29. The average Bonchev–Trinajstić information content (AvgIpc) is 3.21. The van der Waals surface area contributed by atoms with Gasteiger partial charge in [0, 0.05) is 37.1 Å². The summed E-state index contributed by atoms with van der Waals surface area (Å²) in [5.74, 6) is -0.196. The average molecular weight is 543 g/mol. The van der Waals surface area contributed by atoms with Gasteiger partial charge in [0.05, 0.1) is 24.8 Å². The van der Waals surface area contributed by atoms with E-state index in [9.17, 15) is 14.7 Å². The highest BCUT2D eigenvalue weighted by atomic mass is 16.5. The van der Waals surface area contributed by atoms with Gasteiger partial charge in [0.2, 0.25) is 0 Å². The molecule has 0 aromatic heterocycles. The van der Waals surface area contributed by atoms with Crippen LogP contribution in [-0.4, -0.2) is 44.1 Å². The highest BCUT2D eigenvalue weighted by Gasteiger charge is 2.47. The van der Waals surface area contributed by atoms with Gasteiger partial charge >= 0.3 is 0 Å². The van der Waals surface area contributed by atoms with Gasteiger partial charge in [0.1, 0.15) is 17.3 Å². The number of anilines is 2. The molecular formula is C33H38N2O5. The SMILES string of the molecule is CCCOc1cccc(N2C(=O)C(=O)/C(=C(\O)c3ccc(OCC)c(C(C)C)c3)C2c2ccc(N(C)C)cc2)c1. The molecule has 0 radical (unpaired) electrons. The van der Waals surface area contributed by atoms with Crippen molar-refractivity contribution < 1.29 is 24.2 Å². The van der Waals surface area contributed by atoms with Crippen molar-refractivity contribution in [3.05, 3.63) is 89.0 Å². The monoisotopic (exact) mass is 542 g/mol. The van der Waals surface area contributed by atoms with E-state index in [0.29, 0.717) is 35.8 Å². The molecule has 1 heterocycles. The van der Waals surface area contributed by atoms with E-state index >= 15 is 0 Å². The van der Waals surface area contributed by atoms with Gasteiger partial charge in [-0.1, -0.05) is 39.0 Å². The van der Waals surface area contributed by atoms with Crippen LogP contribution in [0.5, 0.6) is 11.5 Å². The second-order valence-corrected chi connectivity index (χ2v) is 10.3. The summed E-state index contributed by atoms with van der Waals surface area (Å²) >= 11 is 0. The molecule has 3 aromatic rings. The normalized spacial score (nSPS) is 16.5. The summed E-state index contributed by atoms with van der Waals surface area (Å²) in [5, 5.41) is 11.7. The van der Waals surface area contributed by atoms with E-state index in [1.807, 2.05) is 83.1 Å². The lowest BCUT2D eigenvalue weighted by atomic mass is 9.93. The first-order valence-corrected chi connectivity index (χ1v) is 13.8. The number of aliphatic hydroxyl groups is 1. The third kappa shape index (κ3) is 5.69. The van der Waals surface area contributed by atoms with Gasteiger partial charge in [0.25, 0.3) is 11.7 Å². The molecule has 1 atom stereocenters. The van der Waals surface area contributed by atoms with Gasteiger partial charge in [-0.25, -0.2) is 0 Å². The molecule has 1 amide bonds. The zero-order valence-corrected chi connectivity index (χ0v) is 24.1.